The monoisotopic (exact) mass is 406 g/mol. The van der Waals surface area contributed by atoms with Crippen molar-refractivity contribution in [3.8, 4) is 11.3 Å². The molecular formula is C20H20Cl2N2O3. The maximum absolute atomic E-state index is 12.3. The van der Waals surface area contributed by atoms with Crippen LogP contribution in [0.4, 0.5) is 0 Å². The molecule has 1 aromatic carbocycles. The van der Waals surface area contributed by atoms with Crippen molar-refractivity contribution in [3.05, 3.63) is 39.6 Å². The molecular weight excluding hydrogens is 387 g/mol. The summed E-state index contributed by atoms with van der Waals surface area (Å²) in [6.07, 6.45) is 3.92. The average Bonchev–Trinajstić information content (AvgIpc) is 3.18. The smallest absolute Gasteiger partial charge is 0.228 e. The van der Waals surface area contributed by atoms with E-state index in [-0.39, 0.29) is 17.9 Å². The number of likely N-dealkylation sites (tertiary alicyclic amines) is 1. The number of ether oxygens (including phenoxy) is 1. The fourth-order valence-electron chi connectivity index (χ4n) is 4.41. The quantitative estimate of drug-likeness (QED) is 0.724. The molecule has 0 radical (unpaired) electrons. The highest BCUT2D eigenvalue weighted by atomic mass is 35.5. The Morgan fingerprint density at radius 3 is 2.63 bits per heavy atom. The lowest BCUT2D eigenvalue weighted by atomic mass is 10.0. The normalized spacial score (nSPS) is 27.0. The molecule has 2 aliphatic carbocycles. The summed E-state index contributed by atoms with van der Waals surface area (Å²) in [4.78, 5) is 14.1. The zero-order valence-corrected chi connectivity index (χ0v) is 16.5. The first-order chi connectivity index (χ1) is 13.0. The van der Waals surface area contributed by atoms with Crippen LogP contribution in [0.3, 0.4) is 0 Å². The number of rotatable bonds is 5. The van der Waals surface area contributed by atoms with Gasteiger partial charge in [-0.25, -0.2) is 0 Å². The number of carbonyl (C=O) groups is 1. The first-order valence-corrected chi connectivity index (χ1v) is 10.1. The van der Waals surface area contributed by atoms with Crippen LogP contribution in [0.1, 0.15) is 42.9 Å². The maximum Gasteiger partial charge on any atom is 0.228 e. The Labute approximate surface area is 167 Å². The van der Waals surface area contributed by atoms with Crippen molar-refractivity contribution in [2.75, 3.05) is 7.05 Å². The van der Waals surface area contributed by atoms with Crippen LogP contribution in [0.25, 0.3) is 11.3 Å². The number of nitrogens with zero attached hydrogens (tertiary/aromatic N) is 2. The van der Waals surface area contributed by atoms with Gasteiger partial charge in [-0.2, -0.15) is 0 Å². The molecule has 3 atom stereocenters. The topological polar surface area (TPSA) is 55.6 Å². The summed E-state index contributed by atoms with van der Waals surface area (Å²) in [5.41, 5.74) is 2.24. The molecule has 5 nitrogen and oxygen atoms in total. The fourth-order valence-corrected chi connectivity index (χ4v) is 4.99. The molecule has 0 unspecified atom stereocenters. The first-order valence-electron chi connectivity index (χ1n) is 9.35. The lowest BCUT2D eigenvalue weighted by molar-refractivity contribution is -0.139. The van der Waals surface area contributed by atoms with Crippen LogP contribution in [-0.4, -0.2) is 35.2 Å². The Bertz CT molecular complexity index is 888. The molecule has 142 valence electrons. The Morgan fingerprint density at radius 1 is 1.26 bits per heavy atom. The van der Waals surface area contributed by atoms with E-state index in [4.69, 9.17) is 32.5 Å². The highest BCUT2D eigenvalue weighted by Gasteiger charge is 2.50. The van der Waals surface area contributed by atoms with Gasteiger partial charge in [0, 0.05) is 30.1 Å². The van der Waals surface area contributed by atoms with Gasteiger partial charge in [-0.15, -0.1) is 0 Å². The van der Waals surface area contributed by atoms with E-state index in [1.54, 1.807) is 12.1 Å². The lowest BCUT2D eigenvalue weighted by Gasteiger charge is -2.28. The standard InChI is InChI=1S/C20H20Cl2N2O3/c1-24-11-7-12(20(24)25)16(8-11)26-9-13-18(23-27-19(13)10-5-6-10)17-14(21)3-2-4-15(17)22/h2-4,10-12,16H,5-9H2,1H3/t11-,12+,16+/m0/s1. The van der Waals surface area contributed by atoms with Crippen LogP contribution in [0, 0.1) is 5.92 Å². The second-order valence-corrected chi connectivity index (χ2v) is 8.59. The zero-order valence-electron chi connectivity index (χ0n) is 15.0. The van der Waals surface area contributed by atoms with Gasteiger partial charge >= 0.3 is 0 Å². The lowest BCUT2D eigenvalue weighted by Crippen LogP contribution is -2.40. The third kappa shape index (κ3) is 2.87. The molecule has 7 heteroatoms. The molecule has 3 fully saturated rings. The van der Waals surface area contributed by atoms with E-state index >= 15 is 0 Å². The third-order valence-electron chi connectivity index (χ3n) is 6.10. The van der Waals surface area contributed by atoms with Gasteiger partial charge < -0.3 is 14.2 Å². The van der Waals surface area contributed by atoms with E-state index in [0.717, 1.165) is 37.0 Å². The largest absolute Gasteiger partial charge is 0.372 e. The molecule has 1 aromatic heterocycles. The van der Waals surface area contributed by atoms with Crippen molar-refractivity contribution in [1.82, 2.24) is 10.1 Å². The summed E-state index contributed by atoms with van der Waals surface area (Å²) in [6, 6.07) is 5.70. The van der Waals surface area contributed by atoms with Gasteiger partial charge in [0.25, 0.3) is 0 Å². The zero-order chi connectivity index (χ0) is 18.7. The van der Waals surface area contributed by atoms with Crippen LogP contribution in [0.15, 0.2) is 22.7 Å². The van der Waals surface area contributed by atoms with E-state index in [0.29, 0.717) is 39.9 Å². The molecule has 1 saturated heterocycles. The minimum absolute atomic E-state index is 0.0309. The summed E-state index contributed by atoms with van der Waals surface area (Å²) in [7, 11) is 1.88. The summed E-state index contributed by atoms with van der Waals surface area (Å²) in [5.74, 6) is 1.42. The van der Waals surface area contributed by atoms with E-state index < -0.39 is 0 Å². The Kier molecular flexibility index (Phi) is 4.22. The number of aromatic nitrogens is 1. The van der Waals surface area contributed by atoms with E-state index in [1.807, 2.05) is 18.0 Å². The number of benzene rings is 1. The van der Waals surface area contributed by atoms with Crippen LogP contribution in [0.2, 0.25) is 10.0 Å². The number of hydrogen-bond donors (Lipinski definition) is 0. The molecule has 3 aliphatic rings. The molecule has 5 rings (SSSR count). The van der Waals surface area contributed by atoms with Crippen molar-refractivity contribution < 1.29 is 14.1 Å². The number of amides is 1. The third-order valence-corrected chi connectivity index (χ3v) is 6.73. The molecule has 2 bridgehead atoms. The molecule has 2 saturated carbocycles. The van der Waals surface area contributed by atoms with Crippen LogP contribution in [0.5, 0.6) is 0 Å². The van der Waals surface area contributed by atoms with Gasteiger partial charge in [-0.1, -0.05) is 34.4 Å². The molecule has 0 N–H and O–H groups in total. The second kappa shape index (κ2) is 6.50. The molecule has 1 amide bonds. The minimum Gasteiger partial charge on any atom is -0.372 e. The SMILES string of the molecule is CN1C(=O)[C@@H]2C[C@H]1C[C@H]2OCc1c(-c2c(Cl)cccc2Cl)noc1C1CC1. The first kappa shape index (κ1) is 17.5. The summed E-state index contributed by atoms with van der Waals surface area (Å²) in [5, 5.41) is 5.37. The molecule has 1 aliphatic heterocycles. The number of fused-ring (bicyclic) bond motifs is 2. The number of halogens is 2. The maximum atomic E-state index is 12.3. The fraction of sp³-hybridized carbons (Fsp3) is 0.500. The minimum atomic E-state index is -0.0461. The van der Waals surface area contributed by atoms with E-state index in [1.165, 1.54) is 0 Å². The molecule has 2 heterocycles. The van der Waals surface area contributed by atoms with Crippen LogP contribution >= 0.6 is 23.2 Å². The number of hydrogen-bond acceptors (Lipinski definition) is 4. The Morgan fingerprint density at radius 2 is 2.00 bits per heavy atom. The van der Waals surface area contributed by atoms with Crippen molar-refractivity contribution in [2.45, 2.75) is 50.4 Å². The molecule has 0 spiro atoms. The highest BCUT2D eigenvalue weighted by Crippen LogP contribution is 2.47. The van der Waals surface area contributed by atoms with Gasteiger partial charge in [0.05, 0.1) is 28.7 Å². The van der Waals surface area contributed by atoms with Gasteiger partial charge in [0.2, 0.25) is 5.91 Å². The Balaban J connectivity index is 1.44. The average molecular weight is 407 g/mol. The predicted octanol–water partition coefficient (Wildman–Crippen LogP) is 4.66. The second-order valence-electron chi connectivity index (χ2n) is 7.78. The van der Waals surface area contributed by atoms with Crippen molar-refractivity contribution in [3.63, 3.8) is 0 Å². The van der Waals surface area contributed by atoms with Gasteiger partial charge in [-0.05, 0) is 37.8 Å². The van der Waals surface area contributed by atoms with Gasteiger partial charge in [0.1, 0.15) is 11.5 Å². The van der Waals surface area contributed by atoms with Gasteiger partial charge in [-0.3, -0.25) is 4.79 Å². The molecule has 27 heavy (non-hydrogen) atoms. The van der Waals surface area contributed by atoms with Crippen LogP contribution < -0.4 is 0 Å². The number of carbonyl (C=O) groups excluding carboxylic acids is 1. The van der Waals surface area contributed by atoms with Crippen molar-refractivity contribution in [1.29, 1.82) is 0 Å². The van der Waals surface area contributed by atoms with Crippen molar-refractivity contribution >= 4 is 29.1 Å². The van der Waals surface area contributed by atoms with Crippen LogP contribution in [-0.2, 0) is 16.1 Å². The predicted molar refractivity (Wildman–Crippen MR) is 102 cm³/mol. The number of piperidine rings is 1. The molecule has 2 aromatic rings. The summed E-state index contributed by atoms with van der Waals surface area (Å²) < 4.78 is 11.9. The Hall–Kier alpha value is -1.56. The van der Waals surface area contributed by atoms with Crippen molar-refractivity contribution in [2.24, 2.45) is 5.92 Å². The van der Waals surface area contributed by atoms with E-state index in [2.05, 4.69) is 5.16 Å². The van der Waals surface area contributed by atoms with Gasteiger partial charge in [0.15, 0.2) is 0 Å². The summed E-state index contributed by atoms with van der Waals surface area (Å²) in [6.45, 7) is 0.358. The highest BCUT2D eigenvalue weighted by molar-refractivity contribution is 6.39. The summed E-state index contributed by atoms with van der Waals surface area (Å²) >= 11 is 12.8. The van der Waals surface area contributed by atoms with E-state index in [9.17, 15) is 4.79 Å².